The number of hydrogen-bond acceptors (Lipinski definition) is 2. The molecule has 1 unspecified atom stereocenters. The molecule has 1 saturated heterocycles. The summed E-state index contributed by atoms with van der Waals surface area (Å²) in [7, 11) is 0. The summed E-state index contributed by atoms with van der Waals surface area (Å²) in [5.41, 5.74) is 1.25. The Labute approximate surface area is 134 Å². The molecule has 0 aromatic heterocycles. The molecule has 2 nitrogen and oxygen atoms in total. The molecule has 1 N–H and O–H groups in total. The van der Waals surface area contributed by atoms with Crippen LogP contribution in [0.3, 0.4) is 0 Å². The Bertz CT molecular complexity index is 474. The molecule has 1 atom stereocenters. The van der Waals surface area contributed by atoms with Crippen molar-refractivity contribution in [2.24, 2.45) is 0 Å². The van der Waals surface area contributed by atoms with Gasteiger partial charge in [0.25, 0.3) is 0 Å². The van der Waals surface area contributed by atoms with Crippen molar-refractivity contribution in [2.75, 3.05) is 11.9 Å². The molecule has 1 aliphatic carbocycles. The lowest BCUT2D eigenvalue weighted by atomic mass is 9.83. The number of nitrogens with one attached hydrogen (secondary N) is 1. The third kappa shape index (κ3) is 3.15. The monoisotopic (exact) mass is 357 g/mol. The van der Waals surface area contributed by atoms with E-state index in [1.165, 1.54) is 44.9 Å². The van der Waals surface area contributed by atoms with Gasteiger partial charge < -0.3 is 10.1 Å². The van der Waals surface area contributed by atoms with Gasteiger partial charge in [-0.3, -0.25) is 0 Å². The number of ether oxygens (including phenoxy) is 1. The average Bonchev–Trinajstić information content (AvgIpc) is 2.84. The molecule has 0 amide bonds. The van der Waals surface area contributed by atoms with E-state index in [-0.39, 0.29) is 5.60 Å². The molecule has 4 heteroatoms. The Morgan fingerprint density at radius 1 is 1.25 bits per heavy atom. The summed E-state index contributed by atoms with van der Waals surface area (Å²) in [6.07, 6.45) is 9.29. The quantitative estimate of drug-likeness (QED) is 0.781. The first-order chi connectivity index (χ1) is 9.69. The second-order valence-corrected chi connectivity index (χ2v) is 7.20. The first kappa shape index (κ1) is 14.7. The normalized spacial score (nSPS) is 25.0. The second kappa shape index (κ2) is 6.25. The second-order valence-electron chi connectivity index (χ2n) is 6.00. The molecule has 1 aromatic carbocycles. The van der Waals surface area contributed by atoms with Gasteiger partial charge >= 0.3 is 0 Å². The lowest BCUT2D eigenvalue weighted by Gasteiger charge is -2.33. The topological polar surface area (TPSA) is 21.3 Å². The van der Waals surface area contributed by atoms with Gasteiger partial charge in [-0.15, -0.1) is 0 Å². The first-order valence-corrected chi connectivity index (χ1v) is 8.71. The molecule has 110 valence electrons. The van der Waals surface area contributed by atoms with Crippen LogP contribution in [0.5, 0.6) is 0 Å². The van der Waals surface area contributed by atoms with Crippen molar-refractivity contribution in [2.45, 2.75) is 56.7 Å². The zero-order valence-electron chi connectivity index (χ0n) is 11.6. The molecular formula is C16H21BrClNO. The Balaban J connectivity index is 1.56. The van der Waals surface area contributed by atoms with Crippen LogP contribution in [0, 0.1) is 0 Å². The van der Waals surface area contributed by atoms with E-state index in [9.17, 15) is 0 Å². The van der Waals surface area contributed by atoms with Gasteiger partial charge in [0.2, 0.25) is 0 Å². The highest BCUT2D eigenvalue weighted by molar-refractivity contribution is 9.10. The van der Waals surface area contributed by atoms with Crippen LogP contribution in [0.25, 0.3) is 0 Å². The summed E-state index contributed by atoms with van der Waals surface area (Å²) in [6, 6.07) is 5.90. The Hall–Kier alpha value is -0.250. The van der Waals surface area contributed by atoms with Crippen molar-refractivity contribution in [3.8, 4) is 0 Å². The average molecular weight is 359 g/mol. The van der Waals surface area contributed by atoms with Crippen LogP contribution in [-0.4, -0.2) is 18.2 Å². The van der Waals surface area contributed by atoms with Crippen molar-refractivity contribution in [1.29, 1.82) is 0 Å². The minimum atomic E-state index is 0.205. The maximum Gasteiger partial charge on any atom is 0.0756 e. The number of anilines is 1. The Morgan fingerprint density at radius 2 is 2.05 bits per heavy atom. The van der Waals surface area contributed by atoms with Crippen LogP contribution >= 0.6 is 27.5 Å². The van der Waals surface area contributed by atoms with Crippen LogP contribution in [0.1, 0.15) is 44.9 Å². The molecule has 2 fully saturated rings. The van der Waals surface area contributed by atoms with Crippen molar-refractivity contribution in [3.05, 3.63) is 27.7 Å². The van der Waals surface area contributed by atoms with Crippen LogP contribution in [0.15, 0.2) is 22.7 Å². The van der Waals surface area contributed by atoms with Crippen molar-refractivity contribution < 1.29 is 4.74 Å². The zero-order chi connectivity index (χ0) is 14.0. The fourth-order valence-electron chi connectivity index (χ4n) is 3.47. The summed E-state index contributed by atoms with van der Waals surface area (Å²) in [6.45, 7) is 0.862. The van der Waals surface area contributed by atoms with E-state index in [4.69, 9.17) is 16.3 Å². The summed E-state index contributed by atoms with van der Waals surface area (Å²) in [5, 5.41) is 4.20. The predicted molar refractivity (Wildman–Crippen MR) is 87.6 cm³/mol. The SMILES string of the molecule is Clc1cccc(NCC2CCC3(CCCCC3)O2)c1Br. The molecular weight excluding hydrogens is 338 g/mol. The lowest BCUT2D eigenvalue weighted by Crippen LogP contribution is -2.33. The standard InChI is InChI=1S/C16H21BrClNO/c17-15-13(18)5-4-6-14(15)19-11-12-7-10-16(20-12)8-2-1-3-9-16/h4-6,12,19H,1-3,7-11H2. The third-order valence-corrected chi connectivity index (χ3v) is 5.97. The lowest BCUT2D eigenvalue weighted by molar-refractivity contribution is -0.0588. The van der Waals surface area contributed by atoms with Crippen molar-refractivity contribution >= 4 is 33.2 Å². The van der Waals surface area contributed by atoms with Gasteiger partial charge in [0, 0.05) is 6.54 Å². The molecule has 1 aliphatic heterocycles. The van der Waals surface area contributed by atoms with Crippen LogP contribution in [-0.2, 0) is 4.74 Å². The highest BCUT2D eigenvalue weighted by atomic mass is 79.9. The molecule has 3 rings (SSSR count). The van der Waals surface area contributed by atoms with Crippen molar-refractivity contribution in [3.63, 3.8) is 0 Å². The molecule has 1 saturated carbocycles. The van der Waals surface area contributed by atoms with Gasteiger partial charge in [0.15, 0.2) is 0 Å². The van der Waals surface area contributed by atoms with Gasteiger partial charge in [-0.1, -0.05) is 36.9 Å². The third-order valence-electron chi connectivity index (χ3n) is 4.58. The minimum absolute atomic E-state index is 0.205. The fraction of sp³-hybridized carbons (Fsp3) is 0.625. The minimum Gasteiger partial charge on any atom is -0.381 e. The van der Waals surface area contributed by atoms with E-state index < -0.39 is 0 Å². The molecule has 0 radical (unpaired) electrons. The predicted octanol–water partition coefficient (Wildman–Crippen LogP) is 5.40. The highest BCUT2D eigenvalue weighted by Crippen LogP contribution is 2.42. The molecule has 1 heterocycles. The van der Waals surface area contributed by atoms with E-state index in [1.807, 2.05) is 18.2 Å². The Kier molecular flexibility index (Phi) is 4.58. The van der Waals surface area contributed by atoms with Crippen molar-refractivity contribution in [1.82, 2.24) is 0 Å². The van der Waals surface area contributed by atoms with Crippen LogP contribution < -0.4 is 5.32 Å². The maximum absolute atomic E-state index is 6.37. The summed E-state index contributed by atoms with van der Waals surface area (Å²) in [4.78, 5) is 0. The number of halogens is 2. The summed E-state index contributed by atoms with van der Waals surface area (Å²) >= 11 is 9.63. The largest absolute Gasteiger partial charge is 0.381 e. The summed E-state index contributed by atoms with van der Waals surface area (Å²) in [5.74, 6) is 0. The van der Waals surface area contributed by atoms with Gasteiger partial charge in [0.1, 0.15) is 0 Å². The van der Waals surface area contributed by atoms with E-state index in [0.717, 1.165) is 21.7 Å². The number of benzene rings is 1. The van der Waals surface area contributed by atoms with E-state index in [2.05, 4.69) is 21.2 Å². The molecule has 1 spiro atoms. The van der Waals surface area contributed by atoms with E-state index in [1.54, 1.807) is 0 Å². The fourth-order valence-corrected chi connectivity index (χ4v) is 4.05. The Morgan fingerprint density at radius 3 is 2.85 bits per heavy atom. The number of rotatable bonds is 3. The molecule has 0 bridgehead atoms. The zero-order valence-corrected chi connectivity index (χ0v) is 14.0. The maximum atomic E-state index is 6.37. The van der Waals surface area contributed by atoms with Gasteiger partial charge in [-0.2, -0.15) is 0 Å². The van der Waals surface area contributed by atoms with E-state index >= 15 is 0 Å². The molecule has 20 heavy (non-hydrogen) atoms. The smallest absolute Gasteiger partial charge is 0.0756 e. The summed E-state index contributed by atoms with van der Waals surface area (Å²) < 4.78 is 7.31. The first-order valence-electron chi connectivity index (χ1n) is 7.54. The molecule has 2 aliphatic rings. The van der Waals surface area contributed by atoms with Crippen LogP contribution in [0.4, 0.5) is 5.69 Å². The molecule has 1 aromatic rings. The van der Waals surface area contributed by atoms with Gasteiger partial charge in [-0.05, 0) is 53.7 Å². The van der Waals surface area contributed by atoms with E-state index in [0.29, 0.717) is 6.10 Å². The number of hydrogen-bond donors (Lipinski definition) is 1. The van der Waals surface area contributed by atoms with Crippen LogP contribution in [0.2, 0.25) is 5.02 Å². The highest BCUT2D eigenvalue weighted by Gasteiger charge is 2.40. The van der Waals surface area contributed by atoms with Gasteiger partial charge in [0.05, 0.1) is 26.9 Å². The van der Waals surface area contributed by atoms with Gasteiger partial charge in [-0.25, -0.2) is 0 Å².